The molecule has 0 saturated carbocycles. The van der Waals surface area contributed by atoms with Gasteiger partial charge in [0.15, 0.2) is 17.5 Å². The number of aromatic nitrogens is 3. The summed E-state index contributed by atoms with van der Waals surface area (Å²) in [6, 6.07) is 79.5. The van der Waals surface area contributed by atoms with Gasteiger partial charge in [0.1, 0.15) is 0 Å². The van der Waals surface area contributed by atoms with Crippen LogP contribution in [0.1, 0.15) is 0 Å². The lowest BCUT2D eigenvalue weighted by molar-refractivity contribution is 1.08. The minimum atomic E-state index is 0.624. The Balaban J connectivity index is 1.05. The van der Waals surface area contributed by atoms with Gasteiger partial charge in [0, 0.05) is 22.1 Å². The van der Waals surface area contributed by atoms with Crippen LogP contribution in [0.15, 0.2) is 224 Å². The molecule has 0 saturated heterocycles. The summed E-state index contributed by atoms with van der Waals surface area (Å²) in [7, 11) is 0. The third-order valence-electron chi connectivity index (χ3n) is 11.5. The summed E-state index contributed by atoms with van der Waals surface area (Å²) in [6.45, 7) is 0. The molecule has 0 aliphatic rings. The Morgan fingerprint density at radius 2 is 0.650 bits per heavy atom. The van der Waals surface area contributed by atoms with Crippen molar-refractivity contribution >= 4 is 32.3 Å². The Kier molecular flexibility index (Phi) is 8.83. The minimum absolute atomic E-state index is 0.624. The van der Waals surface area contributed by atoms with Crippen LogP contribution in [0.25, 0.3) is 111 Å². The average molecular weight is 764 g/mol. The van der Waals surface area contributed by atoms with Crippen molar-refractivity contribution in [3.8, 4) is 78.7 Å². The molecular formula is C57H37N3. The second-order valence-corrected chi connectivity index (χ2v) is 15.2. The zero-order valence-electron chi connectivity index (χ0n) is 32.7. The molecule has 11 aromatic rings. The Hall–Kier alpha value is -8.01. The molecule has 0 spiro atoms. The molecule has 11 rings (SSSR count). The highest BCUT2D eigenvalue weighted by Crippen LogP contribution is 2.38. The van der Waals surface area contributed by atoms with Gasteiger partial charge in [-0.3, -0.25) is 0 Å². The lowest BCUT2D eigenvalue weighted by Crippen LogP contribution is -2.01. The van der Waals surface area contributed by atoms with Crippen LogP contribution in [0, 0.1) is 0 Å². The van der Waals surface area contributed by atoms with Crippen molar-refractivity contribution in [2.75, 3.05) is 0 Å². The van der Waals surface area contributed by atoms with Crippen LogP contribution in [0.5, 0.6) is 0 Å². The van der Waals surface area contributed by atoms with Gasteiger partial charge < -0.3 is 0 Å². The maximum Gasteiger partial charge on any atom is 0.164 e. The average Bonchev–Trinajstić information content (AvgIpc) is 3.33. The van der Waals surface area contributed by atoms with E-state index in [1.165, 1.54) is 38.6 Å². The molecule has 10 aromatic carbocycles. The number of hydrogen-bond acceptors (Lipinski definition) is 3. The van der Waals surface area contributed by atoms with Crippen LogP contribution >= 0.6 is 0 Å². The topological polar surface area (TPSA) is 38.7 Å². The molecule has 0 unspecified atom stereocenters. The molecule has 0 bridgehead atoms. The lowest BCUT2D eigenvalue weighted by Gasteiger charge is -2.14. The van der Waals surface area contributed by atoms with Gasteiger partial charge in [0.2, 0.25) is 0 Å². The van der Waals surface area contributed by atoms with E-state index in [1.54, 1.807) is 0 Å². The lowest BCUT2D eigenvalue weighted by atomic mass is 9.94. The number of nitrogens with zero attached hydrogens (tertiary/aromatic N) is 3. The summed E-state index contributed by atoms with van der Waals surface area (Å²) in [5.74, 6) is 1.88. The van der Waals surface area contributed by atoms with Crippen molar-refractivity contribution in [1.29, 1.82) is 0 Å². The molecule has 0 fully saturated rings. The van der Waals surface area contributed by atoms with Gasteiger partial charge in [-0.2, -0.15) is 0 Å². The molecule has 3 nitrogen and oxygen atoms in total. The fraction of sp³-hybridized carbons (Fsp3) is 0. The zero-order valence-corrected chi connectivity index (χ0v) is 32.7. The number of benzene rings is 10. The molecule has 0 aliphatic carbocycles. The highest BCUT2D eigenvalue weighted by molar-refractivity contribution is 6.06. The molecule has 3 heteroatoms. The number of fused-ring (bicyclic) bond motifs is 3. The number of hydrogen-bond donors (Lipinski definition) is 0. The predicted octanol–water partition coefficient (Wildman–Crippen LogP) is 15.0. The van der Waals surface area contributed by atoms with E-state index in [1.807, 2.05) is 0 Å². The van der Waals surface area contributed by atoms with Crippen LogP contribution < -0.4 is 0 Å². The molecular weight excluding hydrogens is 727 g/mol. The van der Waals surface area contributed by atoms with Crippen LogP contribution in [-0.2, 0) is 0 Å². The molecule has 0 N–H and O–H groups in total. The fourth-order valence-electron chi connectivity index (χ4n) is 8.57. The summed E-state index contributed by atoms with van der Waals surface area (Å²) in [5, 5.41) is 7.01. The first kappa shape index (κ1) is 35.2. The van der Waals surface area contributed by atoms with E-state index in [0.29, 0.717) is 17.5 Å². The van der Waals surface area contributed by atoms with Crippen molar-refractivity contribution in [3.05, 3.63) is 224 Å². The van der Waals surface area contributed by atoms with E-state index in [4.69, 9.17) is 15.0 Å². The van der Waals surface area contributed by atoms with Crippen LogP contribution in [0.2, 0.25) is 0 Å². The molecule has 60 heavy (non-hydrogen) atoms. The van der Waals surface area contributed by atoms with E-state index in [0.717, 1.165) is 54.9 Å². The van der Waals surface area contributed by atoms with E-state index < -0.39 is 0 Å². The van der Waals surface area contributed by atoms with Crippen molar-refractivity contribution in [3.63, 3.8) is 0 Å². The van der Waals surface area contributed by atoms with Crippen molar-refractivity contribution in [2.24, 2.45) is 0 Å². The zero-order chi connectivity index (χ0) is 39.8. The van der Waals surface area contributed by atoms with Gasteiger partial charge in [0.25, 0.3) is 0 Å². The Labute approximate surface area is 349 Å². The molecule has 0 atom stereocenters. The second kappa shape index (κ2) is 15.1. The van der Waals surface area contributed by atoms with Gasteiger partial charge in [-0.15, -0.1) is 0 Å². The van der Waals surface area contributed by atoms with Crippen LogP contribution in [0.3, 0.4) is 0 Å². The van der Waals surface area contributed by atoms with E-state index in [2.05, 4.69) is 224 Å². The van der Waals surface area contributed by atoms with Crippen LogP contribution in [0.4, 0.5) is 0 Å². The molecule has 1 heterocycles. The molecule has 0 aliphatic heterocycles. The molecule has 1 aromatic heterocycles. The SMILES string of the molecule is c1ccc(-c2ccccc2-c2ccc(-c3nc(-c4ccc5cc(-c6cccc7ccccc67)ccc5c4)nc(-c4cccc5cccc(-c6ccccc6)c45)n3)cc2)cc1. The maximum absolute atomic E-state index is 5.28. The number of rotatable bonds is 7. The van der Waals surface area contributed by atoms with E-state index in [9.17, 15) is 0 Å². The molecule has 0 radical (unpaired) electrons. The van der Waals surface area contributed by atoms with Crippen molar-refractivity contribution in [2.45, 2.75) is 0 Å². The Bertz CT molecular complexity index is 3350. The third kappa shape index (κ3) is 6.49. The van der Waals surface area contributed by atoms with Gasteiger partial charge in [-0.25, -0.2) is 15.0 Å². The predicted molar refractivity (Wildman–Crippen MR) is 250 cm³/mol. The first-order chi connectivity index (χ1) is 29.7. The normalized spacial score (nSPS) is 11.3. The van der Waals surface area contributed by atoms with Gasteiger partial charge in [-0.05, 0) is 83.6 Å². The summed E-state index contributed by atoms with van der Waals surface area (Å²) in [6.07, 6.45) is 0. The smallest absolute Gasteiger partial charge is 0.164 e. The summed E-state index contributed by atoms with van der Waals surface area (Å²) >= 11 is 0. The van der Waals surface area contributed by atoms with Crippen LogP contribution in [-0.4, -0.2) is 15.0 Å². The maximum atomic E-state index is 5.28. The van der Waals surface area contributed by atoms with Gasteiger partial charge in [0.05, 0.1) is 0 Å². The first-order valence-corrected chi connectivity index (χ1v) is 20.3. The summed E-state index contributed by atoms with van der Waals surface area (Å²) in [4.78, 5) is 15.8. The van der Waals surface area contributed by atoms with E-state index in [-0.39, 0.29) is 0 Å². The standard InChI is InChI=1S/C57H37N3/c1-3-14-38(15-4-1)48-23-9-10-24-50(48)41-28-30-43(31-29-41)55-58-56(60-57(59-55)53-27-13-21-42-20-12-26-52(54(42)53)40-16-5-2-6-17-40)47-35-33-44-36-46(34-32-45(44)37-47)51-25-11-19-39-18-7-8-22-49(39)51/h1-37H. The van der Waals surface area contributed by atoms with Crippen molar-refractivity contribution < 1.29 is 0 Å². The first-order valence-electron chi connectivity index (χ1n) is 20.3. The van der Waals surface area contributed by atoms with Gasteiger partial charge >= 0.3 is 0 Å². The highest BCUT2D eigenvalue weighted by Gasteiger charge is 2.18. The minimum Gasteiger partial charge on any atom is -0.208 e. The molecule has 0 amide bonds. The molecule has 280 valence electrons. The summed E-state index contributed by atoms with van der Waals surface area (Å²) < 4.78 is 0. The quantitative estimate of drug-likeness (QED) is 0.162. The second-order valence-electron chi connectivity index (χ2n) is 15.2. The highest BCUT2D eigenvalue weighted by atomic mass is 15.0. The monoisotopic (exact) mass is 763 g/mol. The summed E-state index contributed by atoms with van der Waals surface area (Å²) in [5.41, 5.74) is 12.2. The Morgan fingerprint density at radius 3 is 1.35 bits per heavy atom. The van der Waals surface area contributed by atoms with Crippen molar-refractivity contribution in [1.82, 2.24) is 15.0 Å². The third-order valence-corrected chi connectivity index (χ3v) is 11.5. The Morgan fingerprint density at radius 1 is 0.217 bits per heavy atom. The van der Waals surface area contributed by atoms with Gasteiger partial charge in [-0.1, -0.05) is 212 Å². The largest absolute Gasteiger partial charge is 0.208 e. The fourth-order valence-corrected chi connectivity index (χ4v) is 8.57. The van der Waals surface area contributed by atoms with E-state index >= 15 is 0 Å².